The summed E-state index contributed by atoms with van der Waals surface area (Å²) in [6.07, 6.45) is 1.19. The average molecular weight is 559 g/mol. The van der Waals surface area contributed by atoms with Crippen molar-refractivity contribution in [1.29, 1.82) is 0 Å². The summed E-state index contributed by atoms with van der Waals surface area (Å²) in [4.78, 5) is 18.0. The highest BCUT2D eigenvalue weighted by molar-refractivity contribution is 5.85. The van der Waals surface area contributed by atoms with E-state index in [2.05, 4.69) is 16.8 Å². The molecule has 0 spiro atoms. The van der Waals surface area contributed by atoms with Gasteiger partial charge in [0, 0.05) is 34.8 Å². The van der Waals surface area contributed by atoms with Gasteiger partial charge in [-0.15, -0.1) is 0 Å². The molecule has 1 aromatic heterocycles. The maximum atomic E-state index is 15.9. The number of aliphatic carboxylic acids is 1. The number of hydrogen-bond donors (Lipinski definition) is 2. The monoisotopic (exact) mass is 558 g/mol. The van der Waals surface area contributed by atoms with E-state index in [4.69, 9.17) is 4.74 Å². The summed E-state index contributed by atoms with van der Waals surface area (Å²) in [6, 6.07) is 6.26. The van der Waals surface area contributed by atoms with Crippen LogP contribution < -0.4 is 4.74 Å². The number of halogens is 4. The van der Waals surface area contributed by atoms with E-state index in [1.165, 1.54) is 13.3 Å². The maximum Gasteiger partial charge on any atom is 0.303 e. The van der Waals surface area contributed by atoms with Crippen LogP contribution in [0.4, 0.5) is 17.6 Å². The molecule has 6 nitrogen and oxygen atoms in total. The molecule has 1 aliphatic heterocycles. The molecule has 0 saturated carbocycles. The Morgan fingerprint density at radius 3 is 2.50 bits per heavy atom. The van der Waals surface area contributed by atoms with Crippen LogP contribution in [0.15, 0.2) is 36.5 Å². The van der Waals surface area contributed by atoms with Crippen LogP contribution in [0, 0.1) is 34.7 Å². The molecule has 0 aliphatic carbocycles. The number of aromatic nitrogens is 1. The van der Waals surface area contributed by atoms with Crippen molar-refractivity contribution in [1.82, 2.24) is 9.88 Å². The third-order valence-corrected chi connectivity index (χ3v) is 7.58. The lowest BCUT2D eigenvalue weighted by Crippen LogP contribution is -2.41. The molecule has 3 aromatic rings. The third-order valence-electron chi connectivity index (χ3n) is 7.58. The number of nitrogens with zero attached hydrogens (tertiary/aromatic N) is 2. The van der Waals surface area contributed by atoms with Gasteiger partial charge in [0.1, 0.15) is 29.4 Å². The van der Waals surface area contributed by atoms with Gasteiger partial charge >= 0.3 is 5.97 Å². The predicted molar refractivity (Wildman–Crippen MR) is 141 cm³/mol. The zero-order valence-electron chi connectivity index (χ0n) is 22.0. The Balaban J connectivity index is 1.46. The Bertz CT molecular complexity index is 1420. The lowest BCUT2D eigenvalue weighted by Gasteiger charge is -2.41. The van der Waals surface area contributed by atoms with E-state index in [9.17, 15) is 28.2 Å². The number of aliphatic hydroxyl groups is 1. The fraction of sp³-hybridized carbons (Fsp3) is 0.400. The van der Waals surface area contributed by atoms with E-state index in [0.717, 1.165) is 0 Å². The van der Waals surface area contributed by atoms with E-state index < -0.39 is 47.2 Å². The van der Waals surface area contributed by atoms with Gasteiger partial charge < -0.3 is 14.9 Å². The lowest BCUT2D eigenvalue weighted by molar-refractivity contribution is -0.141. The zero-order chi connectivity index (χ0) is 28.9. The van der Waals surface area contributed by atoms with Crippen molar-refractivity contribution in [2.75, 3.05) is 26.7 Å². The Morgan fingerprint density at radius 1 is 1.18 bits per heavy atom. The SMILES string of the molecule is COc1ccc2ncc(CO)c([C@@H](F)CCC3(CC(=O)O)CCN(CC#Cc4c(F)cc(F)cc4F)CC3)c2c1. The van der Waals surface area contributed by atoms with Crippen LogP contribution in [0.3, 0.4) is 0 Å². The van der Waals surface area contributed by atoms with Gasteiger partial charge in [-0.1, -0.05) is 11.8 Å². The summed E-state index contributed by atoms with van der Waals surface area (Å²) in [5, 5.41) is 20.0. The summed E-state index contributed by atoms with van der Waals surface area (Å²) in [5.41, 5.74) is 0.101. The second-order valence-corrected chi connectivity index (χ2v) is 10.1. The quantitative estimate of drug-likeness (QED) is 0.265. The highest BCUT2D eigenvalue weighted by Gasteiger charge is 2.37. The van der Waals surface area contributed by atoms with Gasteiger partial charge in [0.25, 0.3) is 0 Å². The molecule has 2 N–H and O–H groups in total. The van der Waals surface area contributed by atoms with Crippen molar-refractivity contribution in [3.8, 4) is 17.6 Å². The van der Waals surface area contributed by atoms with Crippen LogP contribution in [-0.2, 0) is 11.4 Å². The van der Waals surface area contributed by atoms with Crippen molar-refractivity contribution >= 4 is 16.9 Å². The standard InChI is InChI=1S/C30H30F4N2O4/c1-40-21-4-5-27-23(15-21)29(19(18-37)17-35-27)24(32)6-7-30(16-28(38)39)8-11-36(12-9-30)10-2-3-22-25(33)13-20(31)14-26(22)34/h4-5,13-15,17,24,37H,6-12,16,18H2,1H3,(H,38,39)/t24-/m0/s1. The molecule has 0 amide bonds. The van der Waals surface area contributed by atoms with Gasteiger partial charge in [0.15, 0.2) is 0 Å². The number of pyridine rings is 1. The van der Waals surface area contributed by atoms with Crippen molar-refractivity contribution < 1.29 is 37.3 Å². The van der Waals surface area contributed by atoms with Crippen LogP contribution in [-0.4, -0.2) is 52.8 Å². The molecule has 4 rings (SSSR count). The maximum absolute atomic E-state index is 15.9. The van der Waals surface area contributed by atoms with Crippen LogP contribution in [0.5, 0.6) is 5.75 Å². The highest BCUT2D eigenvalue weighted by Crippen LogP contribution is 2.43. The van der Waals surface area contributed by atoms with Crippen molar-refractivity contribution in [2.45, 2.75) is 44.9 Å². The molecule has 2 aromatic carbocycles. The molecule has 1 fully saturated rings. The van der Waals surface area contributed by atoms with E-state index in [1.807, 2.05) is 4.90 Å². The number of piperidine rings is 1. The Morgan fingerprint density at radius 2 is 1.88 bits per heavy atom. The van der Waals surface area contributed by atoms with Crippen molar-refractivity contribution in [3.05, 3.63) is 70.7 Å². The molecule has 40 heavy (non-hydrogen) atoms. The first-order valence-corrected chi connectivity index (χ1v) is 12.9. The number of hydrogen-bond acceptors (Lipinski definition) is 5. The summed E-state index contributed by atoms with van der Waals surface area (Å²) < 4.78 is 61.9. The molecule has 10 heteroatoms. The number of carboxylic acids is 1. The van der Waals surface area contributed by atoms with Gasteiger partial charge in [0.2, 0.25) is 0 Å². The molecule has 0 unspecified atom stereocenters. The van der Waals surface area contributed by atoms with Gasteiger partial charge in [-0.05, 0) is 62.4 Å². The minimum absolute atomic E-state index is 0.0551. The number of carboxylic acid groups (broad SMARTS) is 1. The van der Waals surface area contributed by atoms with Crippen molar-refractivity contribution in [3.63, 3.8) is 0 Å². The predicted octanol–water partition coefficient (Wildman–Crippen LogP) is 5.55. The van der Waals surface area contributed by atoms with E-state index in [-0.39, 0.29) is 19.4 Å². The fourth-order valence-electron chi connectivity index (χ4n) is 5.36. The number of ether oxygens (including phenoxy) is 1. The minimum atomic E-state index is -1.46. The molecule has 0 radical (unpaired) electrons. The normalized spacial score (nSPS) is 15.8. The first-order chi connectivity index (χ1) is 19.1. The molecule has 1 saturated heterocycles. The molecule has 212 valence electrons. The number of alkyl halides is 1. The number of benzene rings is 2. The largest absolute Gasteiger partial charge is 0.497 e. The second-order valence-electron chi connectivity index (χ2n) is 10.1. The van der Waals surface area contributed by atoms with E-state index >= 15 is 4.39 Å². The molecular weight excluding hydrogens is 528 g/mol. The average Bonchev–Trinajstić information content (AvgIpc) is 2.92. The van der Waals surface area contributed by atoms with Gasteiger partial charge in [-0.2, -0.15) is 0 Å². The Hall–Kier alpha value is -3.68. The Kier molecular flexibility index (Phi) is 9.28. The van der Waals surface area contributed by atoms with E-state index in [0.29, 0.717) is 72.3 Å². The molecule has 1 atom stereocenters. The first-order valence-electron chi connectivity index (χ1n) is 12.9. The minimum Gasteiger partial charge on any atom is -0.497 e. The number of fused-ring (bicyclic) bond motifs is 1. The zero-order valence-corrected chi connectivity index (χ0v) is 22.0. The third kappa shape index (κ3) is 6.72. The molecular formula is C30H30F4N2O4. The van der Waals surface area contributed by atoms with Crippen LogP contribution in [0.25, 0.3) is 10.9 Å². The number of rotatable bonds is 9. The number of likely N-dealkylation sites (tertiary alicyclic amines) is 1. The number of aliphatic hydroxyl groups excluding tert-OH is 1. The highest BCUT2D eigenvalue weighted by atomic mass is 19.1. The smallest absolute Gasteiger partial charge is 0.303 e. The summed E-state index contributed by atoms with van der Waals surface area (Å²) in [5.74, 6) is 1.51. The molecule has 1 aliphatic rings. The van der Waals surface area contributed by atoms with E-state index in [1.54, 1.807) is 18.2 Å². The number of carbonyl (C=O) groups is 1. The molecule has 0 bridgehead atoms. The second kappa shape index (κ2) is 12.7. The van der Waals surface area contributed by atoms with Gasteiger partial charge in [-0.3, -0.25) is 14.7 Å². The summed E-state index contributed by atoms with van der Waals surface area (Å²) in [6.45, 7) is 0.753. The topological polar surface area (TPSA) is 82.9 Å². The first kappa shape index (κ1) is 29.3. The number of methoxy groups -OCH3 is 1. The lowest BCUT2D eigenvalue weighted by atomic mass is 9.71. The van der Waals surface area contributed by atoms with Gasteiger partial charge in [0.05, 0.1) is 37.8 Å². The van der Waals surface area contributed by atoms with Gasteiger partial charge in [-0.25, -0.2) is 17.6 Å². The summed E-state index contributed by atoms with van der Waals surface area (Å²) in [7, 11) is 1.50. The Labute approximate surface area is 229 Å². The van der Waals surface area contributed by atoms with Crippen LogP contribution in [0.1, 0.15) is 55.0 Å². The summed E-state index contributed by atoms with van der Waals surface area (Å²) >= 11 is 0. The fourth-order valence-corrected chi connectivity index (χ4v) is 5.36. The van der Waals surface area contributed by atoms with Crippen molar-refractivity contribution in [2.24, 2.45) is 5.41 Å². The van der Waals surface area contributed by atoms with Crippen LogP contribution in [0.2, 0.25) is 0 Å². The molecule has 2 heterocycles. The van der Waals surface area contributed by atoms with Crippen LogP contribution >= 0.6 is 0 Å².